The van der Waals surface area contributed by atoms with Crippen LogP contribution in [0.4, 0.5) is 0 Å². The summed E-state index contributed by atoms with van der Waals surface area (Å²) in [5.41, 5.74) is 3.11. The van der Waals surface area contributed by atoms with Crippen molar-refractivity contribution in [3.8, 4) is 0 Å². The van der Waals surface area contributed by atoms with E-state index in [2.05, 4.69) is 49.2 Å². The Bertz CT molecular complexity index is 660. The lowest BCUT2D eigenvalue weighted by Gasteiger charge is -2.27. The number of nitrogens with one attached hydrogen (secondary N) is 1. The molecule has 0 heterocycles. The monoisotopic (exact) mass is 325 g/mol. The molecule has 0 saturated heterocycles. The van der Waals surface area contributed by atoms with Crippen molar-refractivity contribution >= 4 is 25.5 Å². The molecule has 3 rings (SSSR count). The van der Waals surface area contributed by atoms with Crippen molar-refractivity contribution in [2.24, 2.45) is 0 Å². The molecule has 0 amide bonds. The third-order valence-corrected chi connectivity index (χ3v) is 6.90. The number of carbonyl (C=O) groups is 1. The summed E-state index contributed by atoms with van der Waals surface area (Å²) >= 11 is 0. The molecule has 0 radical (unpaired) electrons. The Labute approximate surface area is 140 Å². The molecular weight excluding hydrogens is 298 g/mol. The minimum atomic E-state index is -1.66. The van der Waals surface area contributed by atoms with Gasteiger partial charge in [0.05, 0.1) is 8.07 Å². The van der Waals surface area contributed by atoms with E-state index in [0.717, 1.165) is 16.3 Å². The van der Waals surface area contributed by atoms with E-state index in [9.17, 15) is 4.79 Å². The molecule has 2 aliphatic rings. The molecule has 0 spiro atoms. The van der Waals surface area contributed by atoms with Gasteiger partial charge < -0.3 is 5.32 Å². The fourth-order valence-corrected chi connectivity index (χ4v) is 4.93. The summed E-state index contributed by atoms with van der Waals surface area (Å²) in [6, 6.07) is 8.79. The predicted octanol–water partition coefficient (Wildman–Crippen LogP) is 4.79. The van der Waals surface area contributed by atoms with Crippen molar-refractivity contribution in [1.82, 2.24) is 5.32 Å². The van der Waals surface area contributed by atoms with Crippen LogP contribution < -0.4 is 5.32 Å². The molecule has 1 saturated carbocycles. The summed E-state index contributed by atoms with van der Waals surface area (Å²) in [5.74, 6) is 0.228. The number of fused-ring (bicyclic) bond motifs is 1. The molecule has 0 aromatic heterocycles. The van der Waals surface area contributed by atoms with Crippen molar-refractivity contribution in [2.75, 3.05) is 0 Å². The number of Topliss-reactive ketones (excluding diaryl/α,β-unsaturated/α-hetero) is 1. The molecule has 2 nitrogen and oxygen atoms in total. The first-order valence-corrected chi connectivity index (χ1v) is 12.3. The number of rotatable bonds is 3. The van der Waals surface area contributed by atoms with Gasteiger partial charge in [-0.1, -0.05) is 69.2 Å². The van der Waals surface area contributed by atoms with E-state index in [1.165, 1.54) is 37.7 Å². The van der Waals surface area contributed by atoms with Crippen LogP contribution in [0.5, 0.6) is 0 Å². The highest BCUT2D eigenvalue weighted by atomic mass is 28.3. The SMILES string of the molecule is C[Si](C)(C)C1=Cc2ccccc2/C(=C/NC2CCCCC2)C1=O. The van der Waals surface area contributed by atoms with Gasteiger partial charge in [0.15, 0.2) is 5.78 Å². The summed E-state index contributed by atoms with van der Waals surface area (Å²) < 4.78 is 0. The number of allylic oxidation sites excluding steroid dienone is 2. The second-order valence-corrected chi connectivity index (χ2v) is 12.8. The molecule has 1 fully saturated rings. The van der Waals surface area contributed by atoms with Crippen LogP contribution in [-0.2, 0) is 4.79 Å². The number of ketones is 1. The van der Waals surface area contributed by atoms with E-state index < -0.39 is 8.07 Å². The van der Waals surface area contributed by atoms with Crippen LogP contribution >= 0.6 is 0 Å². The topological polar surface area (TPSA) is 29.1 Å². The van der Waals surface area contributed by atoms with E-state index in [-0.39, 0.29) is 5.78 Å². The van der Waals surface area contributed by atoms with Crippen LogP contribution in [0.1, 0.15) is 43.2 Å². The zero-order chi connectivity index (χ0) is 16.4. The van der Waals surface area contributed by atoms with Crippen molar-refractivity contribution in [3.63, 3.8) is 0 Å². The van der Waals surface area contributed by atoms with Gasteiger partial charge in [0, 0.05) is 17.8 Å². The molecule has 1 aromatic rings. The maximum absolute atomic E-state index is 13.1. The first kappa shape index (κ1) is 16.3. The zero-order valence-electron chi connectivity index (χ0n) is 14.5. The third-order valence-electron chi connectivity index (χ3n) is 4.92. The fraction of sp³-hybridized carbons (Fsp3) is 0.450. The van der Waals surface area contributed by atoms with Crippen LogP contribution in [0.15, 0.2) is 35.7 Å². The minimum Gasteiger partial charge on any atom is -0.388 e. The van der Waals surface area contributed by atoms with Gasteiger partial charge in [-0.25, -0.2) is 0 Å². The van der Waals surface area contributed by atoms with Gasteiger partial charge in [-0.05, 0) is 29.2 Å². The smallest absolute Gasteiger partial charge is 0.187 e. The standard InChI is InChI=1S/C20H27NOSi/c1-23(2,3)19-13-15-9-7-8-12-17(15)18(20(19)22)14-21-16-10-5-4-6-11-16/h7-9,12-14,16,21H,4-6,10-11H2,1-3H3/b18-14-. The van der Waals surface area contributed by atoms with Crippen LogP contribution in [0.2, 0.25) is 19.6 Å². The number of benzene rings is 1. The Hall–Kier alpha value is -1.61. The second-order valence-electron chi connectivity index (χ2n) is 7.78. The van der Waals surface area contributed by atoms with E-state index in [4.69, 9.17) is 0 Å². The van der Waals surface area contributed by atoms with Crippen LogP contribution in [0.3, 0.4) is 0 Å². The summed E-state index contributed by atoms with van der Waals surface area (Å²) in [4.78, 5) is 13.1. The number of carbonyl (C=O) groups excluding carboxylic acids is 1. The fourth-order valence-electron chi connectivity index (χ4n) is 3.53. The molecule has 3 heteroatoms. The molecule has 0 atom stereocenters. The van der Waals surface area contributed by atoms with E-state index in [1.807, 2.05) is 12.3 Å². The van der Waals surface area contributed by atoms with Gasteiger partial charge in [-0.3, -0.25) is 4.79 Å². The summed E-state index contributed by atoms with van der Waals surface area (Å²) in [6.45, 7) is 6.74. The average Bonchev–Trinajstić information content (AvgIpc) is 2.53. The van der Waals surface area contributed by atoms with Crippen molar-refractivity contribution in [2.45, 2.75) is 57.8 Å². The van der Waals surface area contributed by atoms with Gasteiger partial charge >= 0.3 is 0 Å². The third kappa shape index (κ3) is 3.50. The van der Waals surface area contributed by atoms with Crippen molar-refractivity contribution in [3.05, 3.63) is 46.8 Å². The molecule has 122 valence electrons. The normalized spacial score (nSPS) is 21.1. The van der Waals surface area contributed by atoms with E-state index in [0.29, 0.717) is 6.04 Å². The average molecular weight is 326 g/mol. The summed E-state index contributed by atoms with van der Waals surface area (Å²) in [5, 5.41) is 4.58. The molecule has 1 aromatic carbocycles. The first-order valence-electron chi connectivity index (χ1n) is 8.79. The van der Waals surface area contributed by atoms with Crippen molar-refractivity contribution < 1.29 is 4.79 Å². The van der Waals surface area contributed by atoms with Crippen LogP contribution in [0, 0.1) is 0 Å². The van der Waals surface area contributed by atoms with E-state index in [1.54, 1.807) is 0 Å². The van der Waals surface area contributed by atoms with Crippen LogP contribution in [-0.4, -0.2) is 19.9 Å². The highest BCUT2D eigenvalue weighted by molar-refractivity contribution is 6.89. The first-order chi connectivity index (χ1) is 11.0. The Morgan fingerprint density at radius 2 is 1.78 bits per heavy atom. The Balaban J connectivity index is 1.95. The largest absolute Gasteiger partial charge is 0.388 e. The van der Waals surface area contributed by atoms with Gasteiger partial charge in [0.1, 0.15) is 0 Å². The summed E-state index contributed by atoms with van der Waals surface area (Å²) in [6.07, 6.45) is 10.5. The lowest BCUT2D eigenvalue weighted by Crippen LogP contribution is -2.33. The van der Waals surface area contributed by atoms with Gasteiger partial charge in [0.2, 0.25) is 0 Å². The maximum atomic E-state index is 13.1. The molecule has 0 bridgehead atoms. The van der Waals surface area contributed by atoms with Gasteiger partial charge in [0.25, 0.3) is 0 Å². The molecule has 23 heavy (non-hydrogen) atoms. The van der Waals surface area contributed by atoms with Crippen LogP contribution in [0.25, 0.3) is 11.6 Å². The lowest BCUT2D eigenvalue weighted by atomic mass is 9.91. The van der Waals surface area contributed by atoms with Crippen molar-refractivity contribution in [1.29, 1.82) is 0 Å². The van der Waals surface area contributed by atoms with E-state index >= 15 is 0 Å². The number of hydrogen-bond donors (Lipinski definition) is 1. The zero-order valence-corrected chi connectivity index (χ0v) is 15.5. The minimum absolute atomic E-state index is 0.228. The Morgan fingerprint density at radius 1 is 1.09 bits per heavy atom. The Kier molecular flexibility index (Phi) is 4.58. The predicted molar refractivity (Wildman–Crippen MR) is 101 cm³/mol. The quantitative estimate of drug-likeness (QED) is 0.639. The molecule has 2 aliphatic carbocycles. The highest BCUT2D eigenvalue weighted by Gasteiger charge is 2.32. The highest BCUT2D eigenvalue weighted by Crippen LogP contribution is 2.34. The van der Waals surface area contributed by atoms with Gasteiger partial charge in [-0.15, -0.1) is 0 Å². The second kappa shape index (κ2) is 6.48. The molecule has 0 aliphatic heterocycles. The lowest BCUT2D eigenvalue weighted by molar-refractivity contribution is -0.110. The molecular formula is C20H27NOSi. The molecule has 1 N–H and O–H groups in total. The summed E-state index contributed by atoms with van der Waals surface area (Å²) in [7, 11) is -1.66. The Morgan fingerprint density at radius 3 is 2.48 bits per heavy atom. The molecule has 0 unspecified atom stereocenters. The maximum Gasteiger partial charge on any atom is 0.187 e. The number of hydrogen-bond acceptors (Lipinski definition) is 2. The van der Waals surface area contributed by atoms with Gasteiger partial charge in [-0.2, -0.15) is 0 Å².